The van der Waals surface area contributed by atoms with E-state index >= 15 is 0 Å². The van der Waals surface area contributed by atoms with E-state index in [1.807, 2.05) is 24.1 Å². The number of likely N-dealkylation sites (tertiary alicyclic amines) is 1. The first kappa shape index (κ1) is 26.2. The monoisotopic (exact) mass is 521 g/mol. The maximum absolute atomic E-state index is 13.8. The van der Waals surface area contributed by atoms with Crippen molar-refractivity contribution in [2.75, 3.05) is 18.4 Å². The molecule has 0 unspecified atom stereocenters. The lowest BCUT2D eigenvalue weighted by atomic mass is 9.88. The Labute approximate surface area is 220 Å². The van der Waals surface area contributed by atoms with Crippen molar-refractivity contribution < 1.29 is 13.9 Å². The molecule has 2 N–H and O–H groups in total. The van der Waals surface area contributed by atoms with Crippen LogP contribution < -0.4 is 10.1 Å². The fourth-order valence-corrected chi connectivity index (χ4v) is 4.68. The van der Waals surface area contributed by atoms with E-state index < -0.39 is 5.82 Å². The molecule has 0 spiro atoms. The second-order valence-electron chi connectivity index (χ2n) is 8.63. The summed E-state index contributed by atoms with van der Waals surface area (Å²) in [5.74, 6) is 0.916. The third-order valence-corrected chi connectivity index (χ3v) is 6.59. The van der Waals surface area contributed by atoms with E-state index in [9.17, 15) is 9.18 Å². The molecule has 1 aliphatic heterocycles. The van der Waals surface area contributed by atoms with Gasteiger partial charge in [0.2, 0.25) is 5.91 Å². The Bertz CT molecular complexity index is 1330. The number of hydrogen-bond acceptors (Lipinski definition) is 5. The second kappa shape index (κ2) is 11.9. The molecule has 9 heteroatoms. The standard InChI is InChI=1S/C28H29ClFN5O2/c1-4-26(36)35-13-10-19(11-14-35)21-16-33-28(31-5-2)27(21)18(3)34-20-8-9-25(22(29)15-20)37-17-24-23(30)7-6-12-32-24/h4-9,12,15-16,19,33-34H,1,3,10-11,13-14,17H2,2H3/b31-5-. The average molecular weight is 522 g/mol. The average Bonchev–Trinajstić information content (AvgIpc) is 3.32. The zero-order chi connectivity index (χ0) is 26.4. The van der Waals surface area contributed by atoms with Crippen LogP contribution in [-0.4, -0.2) is 40.1 Å². The Balaban J connectivity index is 1.48. The number of rotatable bonds is 9. The van der Waals surface area contributed by atoms with Crippen molar-refractivity contribution in [2.45, 2.75) is 32.3 Å². The Morgan fingerprint density at radius 3 is 2.84 bits per heavy atom. The molecule has 37 heavy (non-hydrogen) atoms. The minimum Gasteiger partial charge on any atom is -0.486 e. The van der Waals surface area contributed by atoms with Gasteiger partial charge >= 0.3 is 0 Å². The van der Waals surface area contributed by atoms with Gasteiger partial charge < -0.3 is 19.9 Å². The second-order valence-corrected chi connectivity index (χ2v) is 9.04. The van der Waals surface area contributed by atoms with Crippen molar-refractivity contribution in [3.63, 3.8) is 0 Å². The highest BCUT2D eigenvalue weighted by Crippen LogP contribution is 2.39. The van der Waals surface area contributed by atoms with Gasteiger partial charge in [0.15, 0.2) is 0 Å². The Hall–Kier alpha value is -3.91. The van der Waals surface area contributed by atoms with Gasteiger partial charge in [0.1, 0.15) is 29.7 Å². The van der Waals surface area contributed by atoms with Gasteiger partial charge in [-0.15, -0.1) is 0 Å². The molecule has 0 saturated carbocycles. The number of aromatic nitrogens is 2. The van der Waals surface area contributed by atoms with E-state index in [0.717, 1.165) is 29.7 Å². The van der Waals surface area contributed by atoms with Crippen LogP contribution in [0, 0.1) is 5.82 Å². The molecule has 0 atom stereocenters. The highest BCUT2D eigenvalue weighted by Gasteiger charge is 2.27. The number of nitrogens with one attached hydrogen (secondary N) is 2. The molecule has 1 fully saturated rings. The summed E-state index contributed by atoms with van der Waals surface area (Å²) in [5, 5.41) is 3.70. The van der Waals surface area contributed by atoms with E-state index in [2.05, 4.69) is 33.4 Å². The number of anilines is 1. The largest absolute Gasteiger partial charge is 0.486 e. The van der Waals surface area contributed by atoms with Crippen molar-refractivity contribution in [1.29, 1.82) is 0 Å². The summed E-state index contributed by atoms with van der Waals surface area (Å²) in [5.41, 5.74) is 3.59. The van der Waals surface area contributed by atoms with E-state index in [1.54, 1.807) is 18.3 Å². The summed E-state index contributed by atoms with van der Waals surface area (Å²) in [6.07, 6.45) is 8.24. The van der Waals surface area contributed by atoms with Gasteiger partial charge in [0.25, 0.3) is 0 Å². The number of carbonyl (C=O) groups is 1. The topological polar surface area (TPSA) is 82.6 Å². The molecule has 3 heterocycles. The smallest absolute Gasteiger partial charge is 0.245 e. The number of hydrogen-bond donors (Lipinski definition) is 2. The van der Waals surface area contributed by atoms with Gasteiger partial charge in [-0.1, -0.05) is 24.8 Å². The van der Waals surface area contributed by atoms with Crippen molar-refractivity contribution in [2.24, 2.45) is 4.99 Å². The molecule has 0 radical (unpaired) electrons. The molecule has 1 amide bonds. The van der Waals surface area contributed by atoms with E-state index in [4.69, 9.17) is 16.3 Å². The third kappa shape index (κ3) is 6.09. The molecule has 192 valence electrons. The molecule has 1 aliphatic rings. The van der Waals surface area contributed by atoms with Gasteiger partial charge in [-0.05, 0) is 67.7 Å². The molecule has 4 rings (SSSR count). The summed E-state index contributed by atoms with van der Waals surface area (Å²) in [6.45, 7) is 11.0. The molecule has 1 saturated heterocycles. The number of benzene rings is 1. The van der Waals surface area contributed by atoms with Crippen LogP contribution in [0.5, 0.6) is 5.75 Å². The summed E-state index contributed by atoms with van der Waals surface area (Å²) in [4.78, 5) is 25.5. The molecule has 7 nitrogen and oxygen atoms in total. The van der Waals surface area contributed by atoms with Crippen molar-refractivity contribution in [3.05, 3.63) is 89.6 Å². The number of ether oxygens (including phenoxy) is 1. The number of pyridine rings is 1. The molecular formula is C28H29ClFN5O2. The predicted molar refractivity (Wildman–Crippen MR) is 146 cm³/mol. The van der Waals surface area contributed by atoms with Crippen LogP contribution in [0.4, 0.5) is 15.9 Å². The SMILES string of the molecule is C=CC(=O)N1CCC(c2c[nH]c(/N=C\C)c2C(=C)Nc2ccc(OCc3ncccc3F)c(Cl)c2)CC1. The number of nitrogens with zero attached hydrogens (tertiary/aromatic N) is 3. The minimum absolute atomic E-state index is 0.0335. The predicted octanol–water partition coefficient (Wildman–Crippen LogP) is 6.48. The van der Waals surface area contributed by atoms with Gasteiger partial charge in [-0.3, -0.25) is 9.78 Å². The normalized spacial score (nSPS) is 14.1. The van der Waals surface area contributed by atoms with Crippen LogP contribution in [0.1, 0.15) is 42.5 Å². The lowest BCUT2D eigenvalue weighted by Crippen LogP contribution is -2.36. The quantitative estimate of drug-likeness (QED) is 0.249. The maximum atomic E-state index is 13.8. The number of piperidine rings is 1. The van der Waals surface area contributed by atoms with Gasteiger partial charge in [0.05, 0.1) is 5.02 Å². The van der Waals surface area contributed by atoms with Crippen molar-refractivity contribution in [1.82, 2.24) is 14.9 Å². The Kier molecular flexibility index (Phi) is 8.40. The molecule has 0 aliphatic carbocycles. The molecular weight excluding hydrogens is 493 g/mol. The lowest BCUT2D eigenvalue weighted by molar-refractivity contribution is -0.127. The zero-order valence-corrected chi connectivity index (χ0v) is 21.4. The number of aromatic amines is 1. The third-order valence-electron chi connectivity index (χ3n) is 6.30. The fourth-order valence-electron chi connectivity index (χ4n) is 4.44. The highest BCUT2D eigenvalue weighted by molar-refractivity contribution is 6.32. The molecule has 0 bridgehead atoms. The molecule has 1 aromatic carbocycles. The maximum Gasteiger partial charge on any atom is 0.245 e. The van der Waals surface area contributed by atoms with Crippen LogP contribution in [0.3, 0.4) is 0 Å². The van der Waals surface area contributed by atoms with Crippen LogP contribution in [0.15, 0.2) is 67.0 Å². The Morgan fingerprint density at radius 2 is 2.16 bits per heavy atom. The highest BCUT2D eigenvalue weighted by atomic mass is 35.5. The van der Waals surface area contributed by atoms with E-state index in [-0.39, 0.29) is 24.1 Å². The van der Waals surface area contributed by atoms with Gasteiger partial charge in [-0.25, -0.2) is 9.38 Å². The van der Waals surface area contributed by atoms with Crippen LogP contribution in [0.25, 0.3) is 5.70 Å². The summed E-state index contributed by atoms with van der Waals surface area (Å²) < 4.78 is 19.5. The first-order valence-electron chi connectivity index (χ1n) is 12.0. The summed E-state index contributed by atoms with van der Waals surface area (Å²) in [7, 11) is 0. The van der Waals surface area contributed by atoms with Crippen molar-refractivity contribution >= 4 is 40.9 Å². The minimum atomic E-state index is -0.431. The van der Waals surface area contributed by atoms with E-state index in [0.29, 0.717) is 35.4 Å². The lowest BCUT2D eigenvalue weighted by Gasteiger charge is -2.31. The van der Waals surface area contributed by atoms with Crippen molar-refractivity contribution in [3.8, 4) is 5.75 Å². The number of amides is 1. The molecule has 3 aromatic rings. The summed E-state index contributed by atoms with van der Waals surface area (Å²) in [6, 6.07) is 8.12. The number of halogens is 2. The zero-order valence-electron chi connectivity index (χ0n) is 20.6. The first-order valence-corrected chi connectivity index (χ1v) is 12.4. The Morgan fingerprint density at radius 1 is 1.38 bits per heavy atom. The van der Waals surface area contributed by atoms with Crippen LogP contribution >= 0.6 is 11.6 Å². The van der Waals surface area contributed by atoms with E-state index in [1.165, 1.54) is 24.4 Å². The summed E-state index contributed by atoms with van der Waals surface area (Å²) >= 11 is 6.45. The van der Waals surface area contributed by atoms with Crippen LogP contribution in [-0.2, 0) is 11.4 Å². The molecule has 2 aromatic heterocycles. The number of carbonyl (C=O) groups excluding carboxylic acids is 1. The number of aliphatic imine (C=N–C) groups is 1. The van der Waals surface area contributed by atoms with Crippen LogP contribution in [0.2, 0.25) is 5.02 Å². The fraction of sp³-hybridized carbons (Fsp3) is 0.250. The van der Waals surface area contributed by atoms with Gasteiger partial charge in [-0.2, -0.15) is 0 Å². The number of H-pyrrole nitrogens is 1. The first-order chi connectivity index (χ1) is 17.9. The van der Waals surface area contributed by atoms with Gasteiger partial charge in [0, 0.05) is 48.6 Å².